The third-order valence-electron chi connectivity index (χ3n) is 3.22. The predicted molar refractivity (Wildman–Crippen MR) is 87.7 cm³/mol. The summed E-state index contributed by atoms with van der Waals surface area (Å²) in [6, 6.07) is 6.12. The molecule has 0 saturated carbocycles. The highest BCUT2D eigenvalue weighted by molar-refractivity contribution is 7.99. The average Bonchev–Trinajstić information content (AvgIpc) is 2.60. The lowest BCUT2D eigenvalue weighted by atomic mass is 10.2. The van der Waals surface area contributed by atoms with E-state index in [-0.39, 0.29) is 29.0 Å². The van der Waals surface area contributed by atoms with Crippen LogP contribution in [0.2, 0.25) is 5.02 Å². The zero-order chi connectivity index (χ0) is 17.8. The molecule has 1 aliphatic heterocycles. The Kier molecular flexibility index (Phi) is 5.60. The molecule has 1 aromatic heterocycles. The van der Waals surface area contributed by atoms with Gasteiger partial charge in [-0.25, -0.2) is 9.78 Å². The Morgan fingerprint density at radius 3 is 2.96 bits per heavy atom. The molecule has 0 bridgehead atoms. The van der Waals surface area contributed by atoms with Crippen LogP contribution in [0.4, 0.5) is 8.78 Å². The van der Waals surface area contributed by atoms with Crippen molar-refractivity contribution in [2.24, 2.45) is 0 Å². The van der Waals surface area contributed by atoms with Gasteiger partial charge in [0.25, 0.3) is 5.76 Å². The summed E-state index contributed by atoms with van der Waals surface area (Å²) in [5.41, 5.74) is 0.575. The van der Waals surface area contributed by atoms with Gasteiger partial charge in [0, 0.05) is 6.20 Å². The molecule has 3 rings (SSSR count). The number of carbonyl (C=O) groups excluding carboxylic acids is 1. The van der Waals surface area contributed by atoms with Crippen molar-refractivity contribution in [3.05, 3.63) is 46.6 Å². The van der Waals surface area contributed by atoms with E-state index in [1.807, 2.05) is 0 Å². The van der Waals surface area contributed by atoms with Crippen LogP contribution in [0.1, 0.15) is 15.9 Å². The molecule has 0 amide bonds. The normalized spacial score (nSPS) is 13.0. The molecular formula is C16H12ClF2NO4S. The number of halogens is 3. The third-order valence-corrected chi connectivity index (χ3v) is 4.23. The van der Waals surface area contributed by atoms with Gasteiger partial charge in [0.2, 0.25) is 0 Å². The SMILES string of the molecule is O=C(OCc1cc(Cl)c2c(c1)OCCO2)c1cccnc1SC(F)F. The van der Waals surface area contributed by atoms with Gasteiger partial charge in [0.15, 0.2) is 11.5 Å². The molecule has 1 aromatic carbocycles. The first-order chi connectivity index (χ1) is 12.0. The molecule has 0 unspecified atom stereocenters. The minimum Gasteiger partial charge on any atom is -0.486 e. The Hall–Kier alpha value is -2.06. The molecule has 0 atom stereocenters. The fourth-order valence-corrected chi connectivity index (χ4v) is 3.06. The van der Waals surface area contributed by atoms with Gasteiger partial charge in [-0.2, -0.15) is 8.78 Å². The number of aromatic nitrogens is 1. The van der Waals surface area contributed by atoms with E-state index in [9.17, 15) is 13.6 Å². The van der Waals surface area contributed by atoms with Crippen LogP contribution in [-0.4, -0.2) is 29.9 Å². The maximum Gasteiger partial charge on any atom is 0.341 e. The van der Waals surface area contributed by atoms with Gasteiger partial charge < -0.3 is 14.2 Å². The largest absolute Gasteiger partial charge is 0.486 e. The molecule has 132 valence electrons. The van der Waals surface area contributed by atoms with E-state index in [4.69, 9.17) is 25.8 Å². The molecule has 25 heavy (non-hydrogen) atoms. The van der Waals surface area contributed by atoms with Crippen LogP contribution in [0.25, 0.3) is 0 Å². The van der Waals surface area contributed by atoms with Crippen LogP contribution < -0.4 is 9.47 Å². The number of benzene rings is 1. The summed E-state index contributed by atoms with van der Waals surface area (Å²) in [5.74, 6) is -2.51. The molecule has 0 fully saturated rings. The number of hydrogen-bond acceptors (Lipinski definition) is 6. The summed E-state index contributed by atoms with van der Waals surface area (Å²) < 4.78 is 41.2. The number of hydrogen-bond donors (Lipinski definition) is 0. The Morgan fingerprint density at radius 1 is 1.36 bits per heavy atom. The number of esters is 1. The van der Waals surface area contributed by atoms with Crippen LogP contribution in [0, 0.1) is 0 Å². The number of pyridine rings is 1. The Labute approximate surface area is 151 Å². The first-order valence-electron chi connectivity index (χ1n) is 7.19. The fraction of sp³-hybridized carbons (Fsp3) is 0.250. The second kappa shape index (κ2) is 7.88. The number of fused-ring (bicyclic) bond motifs is 1. The molecule has 5 nitrogen and oxygen atoms in total. The average molecular weight is 388 g/mol. The van der Waals surface area contributed by atoms with Crippen molar-refractivity contribution in [3.63, 3.8) is 0 Å². The van der Waals surface area contributed by atoms with Gasteiger partial charge in [-0.3, -0.25) is 0 Å². The smallest absolute Gasteiger partial charge is 0.341 e. The summed E-state index contributed by atoms with van der Waals surface area (Å²) in [6.45, 7) is 0.714. The highest BCUT2D eigenvalue weighted by Gasteiger charge is 2.20. The maximum atomic E-state index is 12.5. The molecule has 9 heteroatoms. The summed E-state index contributed by atoms with van der Waals surface area (Å²) >= 11 is 6.31. The second-order valence-electron chi connectivity index (χ2n) is 4.91. The lowest BCUT2D eigenvalue weighted by Crippen LogP contribution is -2.16. The lowest BCUT2D eigenvalue weighted by Gasteiger charge is -2.20. The Balaban J connectivity index is 1.72. The van der Waals surface area contributed by atoms with Crippen molar-refractivity contribution in [1.29, 1.82) is 0 Å². The van der Waals surface area contributed by atoms with Crippen LogP contribution in [-0.2, 0) is 11.3 Å². The molecule has 0 aliphatic carbocycles. The first kappa shape index (κ1) is 17.8. The number of ether oxygens (including phenoxy) is 3. The van der Waals surface area contributed by atoms with E-state index in [1.165, 1.54) is 18.3 Å². The van der Waals surface area contributed by atoms with Crippen LogP contribution >= 0.6 is 23.4 Å². The van der Waals surface area contributed by atoms with Gasteiger partial charge in [-0.1, -0.05) is 11.6 Å². The van der Waals surface area contributed by atoms with Crippen molar-refractivity contribution < 1.29 is 27.8 Å². The van der Waals surface area contributed by atoms with E-state index in [1.54, 1.807) is 12.1 Å². The summed E-state index contributed by atoms with van der Waals surface area (Å²) in [4.78, 5) is 16.0. The van der Waals surface area contributed by atoms with Gasteiger partial charge in [-0.15, -0.1) is 0 Å². The van der Waals surface area contributed by atoms with Gasteiger partial charge in [-0.05, 0) is 41.6 Å². The van der Waals surface area contributed by atoms with Crippen LogP contribution in [0.15, 0.2) is 35.5 Å². The van der Waals surface area contributed by atoms with E-state index in [0.29, 0.717) is 35.3 Å². The predicted octanol–water partition coefficient (Wildman–Crippen LogP) is 4.18. The number of thioether (sulfide) groups is 1. The Morgan fingerprint density at radius 2 is 2.16 bits per heavy atom. The number of nitrogens with zero attached hydrogens (tertiary/aromatic N) is 1. The summed E-state index contributed by atoms with van der Waals surface area (Å²) in [7, 11) is 0. The molecule has 0 N–H and O–H groups in total. The van der Waals surface area contributed by atoms with Gasteiger partial charge >= 0.3 is 5.97 Å². The quantitative estimate of drug-likeness (QED) is 0.566. The number of carbonyl (C=O) groups is 1. The van der Waals surface area contributed by atoms with E-state index in [2.05, 4.69) is 4.98 Å². The molecule has 0 radical (unpaired) electrons. The minimum absolute atomic E-state index is 0.0172. The fourth-order valence-electron chi connectivity index (χ4n) is 2.20. The topological polar surface area (TPSA) is 57.7 Å². The molecular weight excluding hydrogens is 376 g/mol. The summed E-state index contributed by atoms with van der Waals surface area (Å²) in [5, 5.41) is 0.265. The molecule has 2 aromatic rings. The number of rotatable bonds is 5. The minimum atomic E-state index is -2.68. The molecule has 1 aliphatic rings. The van der Waals surface area contributed by atoms with E-state index < -0.39 is 11.7 Å². The molecule has 0 spiro atoms. The highest BCUT2D eigenvalue weighted by Crippen LogP contribution is 2.38. The lowest BCUT2D eigenvalue weighted by molar-refractivity contribution is 0.0467. The zero-order valence-electron chi connectivity index (χ0n) is 12.7. The Bertz CT molecular complexity index is 791. The van der Waals surface area contributed by atoms with Crippen LogP contribution in [0.5, 0.6) is 11.5 Å². The molecule has 2 heterocycles. The van der Waals surface area contributed by atoms with E-state index in [0.717, 1.165) is 0 Å². The molecule has 0 saturated heterocycles. The van der Waals surface area contributed by atoms with Crippen LogP contribution in [0.3, 0.4) is 0 Å². The zero-order valence-corrected chi connectivity index (χ0v) is 14.3. The standard InChI is InChI=1S/C16H12ClF2NO4S/c17-11-6-9(7-12-13(11)23-5-4-22-12)8-24-15(21)10-2-1-3-20-14(10)25-16(18)19/h1-3,6-7,16H,4-5,8H2. The van der Waals surface area contributed by atoms with Crippen molar-refractivity contribution in [2.75, 3.05) is 13.2 Å². The van der Waals surface area contributed by atoms with E-state index >= 15 is 0 Å². The highest BCUT2D eigenvalue weighted by atomic mass is 35.5. The van der Waals surface area contributed by atoms with Gasteiger partial charge in [0.05, 0.1) is 10.6 Å². The van der Waals surface area contributed by atoms with Gasteiger partial charge in [0.1, 0.15) is 24.8 Å². The number of alkyl halides is 2. The monoisotopic (exact) mass is 387 g/mol. The van der Waals surface area contributed by atoms with Crippen molar-refractivity contribution in [1.82, 2.24) is 4.98 Å². The maximum absolute atomic E-state index is 12.5. The third kappa shape index (κ3) is 4.32. The van der Waals surface area contributed by atoms with Crippen molar-refractivity contribution in [3.8, 4) is 11.5 Å². The first-order valence-corrected chi connectivity index (χ1v) is 8.45. The van der Waals surface area contributed by atoms with Crippen molar-refractivity contribution in [2.45, 2.75) is 17.4 Å². The van der Waals surface area contributed by atoms with Crippen molar-refractivity contribution >= 4 is 29.3 Å². The second-order valence-corrected chi connectivity index (χ2v) is 6.30. The summed E-state index contributed by atoms with van der Waals surface area (Å²) in [6.07, 6.45) is 1.34.